The number of nitrogens with two attached hydrogens (primary N) is 1. The molecule has 6 nitrogen and oxygen atoms in total. The first-order valence-electron chi connectivity index (χ1n) is 7.32. The van der Waals surface area contributed by atoms with Gasteiger partial charge < -0.3 is 16.0 Å². The van der Waals surface area contributed by atoms with E-state index in [0.29, 0.717) is 23.8 Å². The maximum atomic E-state index is 12.3. The summed E-state index contributed by atoms with van der Waals surface area (Å²) in [4.78, 5) is 14.6. The first-order valence-corrected chi connectivity index (χ1v) is 7.32. The van der Waals surface area contributed by atoms with E-state index >= 15 is 0 Å². The van der Waals surface area contributed by atoms with Crippen LogP contribution in [0.1, 0.15) is 35.9 Å². The molecule has 0 radical (unpaired) electrons. The molecule has 0 aromatic carbocycles. The van der Waals surface area contributed by atoms with E-state index < -0.39 is 0 Å². The molecule has 1 aliphatic heterocycles. The summed E-state index contributed by atoms with van der Waals surface area (Å²) in [5.74, 6) is 0.458. The molecule has 1 aliphatic rings. The van der Waals surface area contributed by atoms with Crippen molar-refractivity contribution in [3.8, 4) is 0 Å². The number of carbonyl (C=O) groups is 1. The van der Waals surface area contributed by atoms with E-state index in [1.807, 2.05) is 13.8 Å². The van der Waals surface area contributed by atoms with Gasteiger partial charge in [-0.1, -0.05) is 0 Å². The Morgan fingerprint density at radius 2 is 2.10 bits per heavy atom. The van der Waals surface area contributed by atoms with Crippen LogP contribution in [0.25, 0.3) is 0 Å². The maximum absolute atomic E-state index is 12.3. The highest BCUT2D eigenvalue weighted by Gasteiger charge is 2.21. The molecule has 2 rings (SSSR count). The summed E-state index contributed by atoms with van der Waals surface area (Å²) in [6.07, 6.45) is 2.27. The number of nitrogens with zero attached hydrogens (tertiary/aromatic N) is 3. The second-order valence-electron chi connectivity index (χ2n) is 5.62. The lowest BCUT2D eigenvalue weighted by molar-refractivity contribution is 0.0929. The van der Waals surface area contributed by atoms with Crippen LogP contribution in [0.2, 0.25) is 0 Å². The van der Waals surface area contributed by atoms with E-state index in [1.54, 1.807) is 4.68 Å². The second kappa shape index (κ2) is 6.26. The third-order valence-corrected chi connectivity index (χ3v) is 4.08. The summed E-state index contributed by atoms with van der Waals surface area (Å²) in [6, 6.07) is 0. The third-order valence-electron chi connectivity index (χ3n) is 4.08. The van der Waals surface area contributed by atoms with Crippen LogP contribution in [0.3, 0.4) is 0 Å². The Kier molecular flexibility index (Phi) is 4.65. The van der Waals surface area contributed by atoms with Crippen molar-refractivity contribution in [2.75, 3.05) is 32.4 Å². The minimum atomic E-state index is -0.108. The molecule has 112 valence electrons. The molecule has 0 bridgehead atoms. The van der Waals surface area contributed by atoms with E-state index in [4.69, 9.17) is 5.73 Å². The number of hydrogen-bond acceptors (Lipinski definition) is 4. The number of hydrogen-bond donors (Lipinski definition) is 2. The topological polar surface area (TPSA) is 76.2 Å². The summed E-state index contributed by atoms with van der Waals surface area (Å²) in [5.41, 5.74) is 7.67. The first-order chi connectivity index (χ1) is 9.52. The number of carbonyl (C=O) groups excluding carboxylic acids is 1. The lowest BCUT2D eigenvalue weighted by Crippen LogP contribution is -2.37. The normalized spacial score (nSPS) is 17.4. The number of nitrogen functional groups attached to an aromatic ring is 1. The first kappa shape index (κ1) is 14.8. The predicted octanol–water partition coefficient (Wildman–Crippen LogP) is 0.865. The van der Waals surface area contributed by atoms with E-state index in [-0.39, 0.29) is 5.91 Å². The molecule has 1 saturated heterocycles. The van der Waals surface area contributed by atoms with E-state index in [1.165, 1.54) is 0 Å². The Hall–Kier alpha value is -1.56. The molecule has 20 heavy (non-hydrogen) atoms. The number of rotatable bonds is 4. The van der Waals surface area contributed by atoms with Gasteiger partial charge in [-0.2, -0.15) is 5.10 Å². The van der Waals surface area contributed by atoms with Gasteiger partial charge in [0, 0.05) is 13.1 Å². The highest BCUT2D eigenvalue weighted by atomic mass is 16.2. The van der Waals surface area contributed by atoms with Crippen molar-refractivity contribution in [2.45, 2.75) is 33.2 Å². The number of piperidine rings is 1. The van der Waals surface area contributed by atoms with Crippen molar-refractivity contribution >= 4 is 11.6 Å². The number of likely N-dealkylation sites (tertiary alicyclic amines) is 1. The molecule has 1 aromatic rings. The molecular formula is C14H25N5O. The fraction of sp³-hybridized carbons (Fsp3) is 0.714. The largest absolute Gasteiger partial charge is 0.395 e. The average Bonchev–Trinajstić information content (AvgIpc) is 2.73. The van der Waals surface area contributed by atoms with Gasteiger partial charge in [0.25, 0.3) is 5.91 Å². The van der Waals surface area contributed by atoms with Gasteiger partial charge in [0.2, 0.25) is 0 Å². The van der Waals surface area contributed by atoms with Crippen LogP contribution in [0, 0.1) is 12.8 Å². The highest BCUT2D eigenvalue weighted by molar-refractivity contribution is 5.97. The van der Waals surface area contributed by atoms with Crippen LogP contribution in [-0.2, 0) is 6.54 Å². The van der Waals surface area contributed by atoms with Crippen LogP contribution >= 0.6 is 0 Å². The summed E-state index contributed by atoms with van der Waals surface area (Å²) in [6.45, 7) is 7.37. The molecule has 1 fully saturated rings. The average molecular weight is 279 g/mol. The smallest absolute Gasteiger partial charge is 0.271 e. The van der Waals surface area contributed by atoms with Gasteiger partial charge in [-0.15, -0.1) is 0 Å². The van der Waals surface area contributed by atoms with Crippen molar-refractivity contribution in [3.05, 3.63) is 11.4 Å². The Balaban J connectivity index is 1.95. The summed E-state index contributed by atoms with van der Waals surface area (Å²) in [7, 11) is 2.14. The van der Waals surface area contributed by atoms with Gasteiger partial charge in [0.05, 0.1) is 11.4 Å². The summed E-state index contributed by atoms with van der Waals surface area (Å²) >= 11 is 0. The molecule has 0 aliphatic carbocycles. The van der Waals surface area contributed by atoms with E-state index in [0.717, 1.165) is 38.2 Å². The molecule has 0 saturated carbocycles. The predicted molar refractivity (Wildman–Crippen MR) is 79.6 cm³/mol. The lowest BCUT2D eigenvalue weighted by atomic mass is 9.97. The van der Waals surface area contributed by atoms with Crippen molar-refractivity contribution in [3.63, 3.8) is 0 Å². The zero-order chi connectivity index (χ0) is 14.7. The van der Waals surface area contributed by atoms with Crippen molar-refractivity contribution < 1.29 is 4.79 Å². The zero-order valence-corrected chi connectivity index (χ0v) is 12.6. The van der Waals surface area contributed by atoms with Crippen LogP contribution in [0.5, 0.6) is 0 Å². The zero-order valence-electron chi connectivity index (χ0n) is 12.6. The number of nitrogens with one attached hydrogen (secondary N) is 1. The molecule has 1 aromatic heterocycles. The monoisotopic (exact) mass is 279 g/mol. The van der Waals surface area contributed by atoms with E-state index in [2.05, 4.69) is 22.4 Å². The maximum Gasteiger partial charge on any atom is 0.271 e. The van der Waals surface area contributed by atoms with Gasteiger partial charge in [0.1, 0.15) is 5.69 Å². The van der Waals surface area contributed by atoms with Gasteiger partial charge in [0.15, 0.2) is 0 Å². The lowest BCUT2D eigenvalue weighted by Gasteiger charge is -2.28. The van der Waals surface area contributed by atoms with Crippen molar-refractivity contribution in [1.82, 2.24) is 20.0 Å². The Bertz CT molecular complexity index is 474. The fourth-order valence-corrected chi connectivity index (χ4v) is 2.65. The van der Waals surface area contributed by atoms with Gasteiger partial charge in [-0.05, 0) is 52.7 Å². The SMILES string of the molecule is CCn1nc(C)c(N)c1C(=O)NCC1CCN(C)CC1. The van der Waals surface area contributed by atoms with Crippen LogP contribution < -0.4 is 11.1 Å². The number of aryl methyl sites for hydroxylation is 2. The highest BCUT2D eigenvalue weighted by Crippen LogP contribution is 2.18. The molecule has 1 amide bonds. The molecular weight excluding hydrogens is 254 g/mol. The Labute approximate surface area is 120 Å². The van der Waals surface area contributed by atoms with Crippen molar-refractivity contribution in [2.24, 2.45) is 5.92 Å². The number of aromatic nitrogens is 2. The molecule has 0 atom stereocenters. The summed E-state index contributed by atoms with van der Waals surface area (Å²) < 4.78 is 1.68. The Morgan fingerprint density at radius 3 is 2.70 bits per heavy atom. The van der Waals surface area contributed by atoms with Crippen LogP contribution in [0.4, 0.5) is 5.69 Å². The van der Waals surface area contributed by atoms with Crippen LogP contribution in [0.15, 0.2) is 0 Å². The molecule has 3 N–H and O–H groups in total. The molecule has 0 unspecified atom stereocenters. The van der Waals surface area contributed by atoms with Crippen LogP contribution in [-0.4, -0.2) is 47.3 Å². The fourth-order valence-electron chi connectivity index (χ4n) is 2.65. The number of amides is 1. The minimum Gasteiger partial charge on any atom is -0.395 e. The number of anilines is 1. The molecule has 0 spiro atoms. The Morgan fingerprint density at radius 1 is 1.45 bits per heavy atom. The second-order valence-corrected chi connectivity index (χ2v) is 5.62. The third kappa shape index (κ3) is 3.12. The summed E-state index contributed by atoms with van der Waals surface area (Å²) in [5, 5.41) is 7.29. The van der Waals surface area contributed by atoms with E-state index in [9.17, 15) is 4.79 Å². The molecule has 6 heteroatoms. The standard InChI is InChI=1S/C14H25N5O/c1-4-19-13(12(15)10(2)17-19)14(20)16-9-11-5-7-18(3)8-6-11/h11H,4-9,15H2,1-3H3,(H,16,20). The quantitative estimate of drug-likeness (QED) is 0.857. The minimum absolute atomic E-state index is 0.108. The van der Waals surface area contributed by atoms with Crippen molar-refractivity contribution in [1.29, 1.82) is 0 Å². The van der Waals surface area contributed by atoms with Gasteiger partial charge in [-0.25, -0.2) is 0 Å². The van der Waals surface area contributed by atoms with Gasteiger partial charge >= 0.3 is 0 Å². The van der Waals surface area contributed by atoms with Gasteiger partial charge in [-0.3, -0.25) is 9.48 Å². The molecule has 2 heterocycles.